The van der Waals surface area contributed by atoms with E-state index >= 15 is 0 Å². The second-order valence-corrected chi connectivity index (χ2v) is 6.13. The number of hydrogen-bond acceptors (Lipinski definition) is 7. The average Bonchev–Trinajstić information content (AvgIpc) is 2.41. The van der Waals surface area contributed by atoms with Crippen molar-refractivity contribution in [3.63, 3.8) is 0 Å². The van der Waals surface area contributed by atoms with Gasteiger partial charge in [0, 0.05) is 5.02 Å². The van der Waals surface area contributed by atoms with Gasteiger partial charge >= 0.3 is 5.97 Å². The van der Waals surface area contributed by atoms with Gasteiger partial charge < -0.3 is 4.74 Å². The van der Waals surface area contributed by atoms with E-state index in [1.54, 1.807) is 0 Å². The first-order valence-corrected chi connectivity index (χ1v) is 7.90. The van der Waals surface area contributed by atoms with E-state index in [4.69, 9.17) is 15.8 Å². The first-order chi connectivity index (χ1) is 10.1. The first kappa shape index (κ1) is 18.1. The summed E-state index contributed by atoms with van der Waals surface area (Å²) in [7, 11) is -3.00. The van der Waals surface area contributed by atoms with Crippen LogP contribution in [0.4, 0.5) is 0 Å². The number of rotatable bonds is 6. The Balaban J connectivity index is 3.42. The molecule has 0 spiro atoms. The molecule has 1 atom stereocenters. The van der Waals surface area contributed by atoms with E-state index in [1.165, 1.54) is 24.3 Å². The van der Waals surface area contributed by atoms with Gasteiger partial charge in [0.05, 0.1) is 18.3 Å². The number of ether oxygens (including phenoxy) is 1. The van der Waals surface area contributed by atoms with Crippen molar-refractivity contribution in [2.24, 2.45) is 0 Å². The number of halogens is 1. The van der Waals surface area contributed by atoms with Gasteiger partial charge in [-0.05, 0) is 17.7 Å². The molecular weight excluding hydrogens is 338 g/mol. The lowest BCUT2D eigenvalue weighted by atomic mass is 10.0. The number of nitro groups is 1. The number of nitrogens with zero attached hydrogens (tertiary/aromatic N) is 1. The highest BCUT2D eigenvalue weighted by atomic mass is 35.5. The molecule has 0 heterocycles. The predicted octanol–water partition coefficient (Wildman–Crippen LogP) is 1.69. The highest BCUT2D eigenvalue weighted by Crippen LogP contribution is 2.29. The van der Waals surface area contributed by atoms with Crippen LogP contribution in [-0.4, -0.2) is 32.7 Å². The standard InChI is InChI=1S/C12H12ClNO7S/c1-20-12(15)10(7-14(16)17)11(21-22(2,18)19)8-3-5-9(13)6-4-8/h3-7,11H,1-2H3/b10-7-. The van der Waals surface area contributed by atoms with Gasteiger partial charge in [0.25, 0.3) is 10.1 Å². The van der Waals surface area contributed by atoms with Gasteiger partial charge in [-0.1, -0.05) is 23.7 Å². The maximum absolute atomic E-state index is 11.7. The van der Waals surface area contributed by atoms with E-state index in [9.17, 15) is 23.3 Å². The Morgan fingerprint density at radius 2 is 1.91 bits per heavy atom. The van der Waals surface area contributed by atoms with Crippen molar-refractivity contribution in [2.75, 3.05) is 13.4 Å². The molecule has 1 aromatic carbocycles. The predicted molar refractivity (Wildman–Crippen MR) is 77.2 cm³/mol. The van der Waals surface area contributed by atoms with Crippen molar-refractivity contribution in [2.45, 2.75) is 6.10 Å². The molecule has 22 heavy (non-hydrogen) atoms. The van der Waals surface area contributed by atoms with Crippen molar-refractivity contribution >= 4 is 27.7 Å². The molecule has 0 N–H and O–H groups in total. The lowest BCUT2D eigenvalue weighted by Gasteiger charge is -2.17. The lowest BCUT2D eigenvalue weighted by Crippen LogP contribution is -2.20. The molecule has 8 nitrogen and oxygen atoms in total. The first-order valence-electron chi connectivity index (χ1n) is 5.71. The van der Waals surface area contributed by atoms with Crippen LogP contribution in [0.15, 0.2) is 36.0 Å². The van der Waals surface area contributed by atoms with Crippen molar-refractivity contribution < 1.29 is 27.1 Å². The van der Waals surface area contributed by atoms with Crippen LogP contribution >= 0.6 is 11.6 Å². The normalized spacial score (nSPS) is 13.5. The Bertz CT molecular complexity index is 697. The minimum Gasteiger partial charge on any atom is -0.465 e. The third-order valence-corrected chi connectivity index (χ3v) is 3.19. The molecule has 120 valence electrons. The fraction of sp³-hybridized carbons (Fsp3) is 0.250. The van der Waals surface area contributed by atoms with Crippen molar-refractivity contribution in [1.82, 2.24) is 0 Å². The molecule has 0 aliphatic carbocycles. The Hall–Kier alpha value is -1.97. The van der Waals surface area contributed by atoms with Gasteiger partial charge in [0.2, 0.25) is 6.20 Å². The van der Waals surface area contributed by atoms with Crippen molar-refractivity contribution in [3.8, 4) is 0 Å². The van der Waals surface area contributed by atoms with Crippen LogP contribution in [0.1, 0.15) is 11.7 Å². The molecule has 0 aliphatic heterocycles. The van der Waals surface area contributed by atoms with Gasteiger partial charge in [0.15, 0.2) is 0 Å². The van der Waals surface area contributed by atoms with E-state index in [-0.39, 0.29) is 5.56 Å². The van der Waals surface area contributed by atoms with Gasteiger partial charge in [-0.15, -0.1) is 0 Å². The summed E-state index contributed by atoms with van der Waals surface area (Å²) in [5.74, 6) is -1.08. The van der Waals surface area contributed by atoms with E-state index in [2.05, 4.69) is 4.74 Å². The number of carbonyl (C=O) groups excluding carboxylic acids is 1. The summed E-state index contributed by atoms with van der Waals surface area (Å²) in [4.78, 5) is 21.5. The quantitative estimate of drug-likeness (QED) is 0.252. The molecule has 0 saturated carbocycles. The fourth-order valence-corrected chi connectivity index (χ4v) is 2.25. The monoisotopic (exact) mass is 349 g/mol. The summed E-state index contributed by atoms with van der Waals surface area (Å²) < 4.78 is 32.0. The summed E-state index contributed by atoms with van der Waals surface area (Å²) in [5, 5.41) is 11.0. The van der Waals surface area contributed by atoms with E-state index < -0.39 is 32.7 Å². The number of hydrogen-bond donors (Lipinski definition) is 0. The van der Waals surface area contributed by atoms with Crippen LogP contribution < -0.4 is 0 Å². The van der Waals surface area contributed by atoms with Crippen molar-refractivity contribution in [3.05, 3.63) is 56.7 Å². The maximum Gasteiger partial charge on any atom is 0.343 e. The second-order valence-electron chi connectivity index (χ2n) is 4.09. The van der Waals surface area contributed by atoms with Crippen LogP contribution in [0.25, 0.3) is 0 Å². The van der Waals surface area contributed by atoms with Crippen LogP contribution in [-0.2, 0) is 23.8 Å². The van der Waals surface area contributed by atoms with Gasteiger partial charge in [-0.25, -0.2) is 4.79 Å². The molecule has 0 amide bonds. The molecule has 1 rings (SSSR count). The highest BCUT2D eigenvalue weighted by Gasteiger charge is 2.31. The van der Waals surface area contributed by atoms with Crippen LogP contribution in [0, 0.1) is 10.1 Å². The molecular formula is C12H12ClNO7S. The molecule has 1 aromatic rings. The maximum atomic E-state index is 11.7. The number of benzene rings is 1. The second kappa shape index (κ2) is 7.34. The van der Waals surface area contributed by atoms with Crippen LogP contribution in [0.5, 0.6) is 0 Å². The zero-order chi connectivity index (χ0) is 16.9. The Morgan fingerprint density at radius 1 is 1.36 bits per heavy atom. The van der Waals surface area contributed by atoms with Gasteiger partial charge in [-0.2, -0.15) is 8.42 Å². The highest BCUT2D eigenvalue weighted by molar-refractivity contribution is 7.86. The Morgan fingerprint density at radius 3 is 2.32 bits per heavy atom. The zero-order valence-electron chi connectivity index (χ0n) is 11.6. The molecule has 0 aromatic heterocycles. The van der Waals surface area contributed by atoms with E-state index in [1.807, 2.05) is 0 Å². The Labute approximate surface area is 131 Å². The summed E-state index contributed by atoms with van der Waals surface area (Å²) in [5.41, 5.74) is -0.381. The summed E-state index contributed by atoms with van der Waals surface area (Å²) in [6.07, 6.45) is -0.419. The van der Waals surface area contributed by atoms with E-state index in [0.29, 0.717) is 11.2 Å². The van der Waals surface area contributed by atoms with Crippen LogP contribution in [0.2, 0.25) is 5.02 Å². The van der Waals surface area contributed by atoms with Gasteiger partial charge in [-0.3, -0.25) is 14.3 Å². The molecule has 0 aliphatic rings. The largest absolute Gasteiger partial charge is 0.465 e. The molecule has 0 saturated heterocycles. The SMILES string of the molecule is COC(=O)/C(=C\[N+](=O)[O-])C(OS(C)(=O)=O)c1ccc(Cl)cc1. The third kappa shape index (κ3) is 5.43. The van der Waals surface area contributed by atoms with Gasteiger partial charge in [0.1, 0.15) is 11.7 Å². The smallest absolute Gasteiger partial charge is 0.343 e. The molecule has 0 fully saturated rings. The minimum absolute atomic E-state index is 0.188. The summed E-state index contributed by atoms with van der Waals surface area (Å²) in [6, 6.07) is 5.62. The third-order valence-electron chi connectivity index (χ3n) is 2.39. The zero-order valence-corrected chi connectivity index (χ0v) is 13.1. The van der Waals surface area contributed by atoms with Crippen LogP contribution in [0.3, 0.4) is 0 Å². The minimum atomic E-state index is -4.01. The topological polar surface area (TPSA) is 113 Å². The number of methoxy groups -OCH3 is 1. The molecule has 10 heteroatoms. The lowest BCUT2D eigenvalue weighted by molar-refractivity contribution is -0.403. The average molecular weight is 350 g/mol. The van der Waals surface area contributed by atoms with Crippen molar-refractivity contribution in [1.29, 1.82) is 0 Å². The van der Waals surface area contributed by atoms with E-state index in [0.717, 1.165) is 13.4 Å². The fourth-order valence-electron chi connectivity index (χ4n) is 1.56. The number of esters is 1. The summed E-state index contributed by atoms with van der Waals surface area (Å²) >= 11 is 5.73. The molecule has 0 radical (unpaired) electrons. The molecule has 0 bridgehead atoms. The number of carbonyl (C=O) groups is 1. The molecule has 1 unspecified atom stereocenters. The Kier molecular flexibility index (Phi) is 6.03. The summed E-state index contributed by atoms with van der Waals surface area (Å²) in [6.45, 7) is 0.